The fraction of sp³-hybridized carbons (Fsp3) is 0.925. The molecule has 0 aliphatic carbocycles. The van der Waals surface area contributed by atoms with Crippen molar-refractivity contribution in [3.63, 3.8) is 0 Å². The largest absolute Gasteiger partial charge is 0.462 e. The second-order valence-electron chi connectivity index (χ2n) is 13.8. The molecule has 6 heteroatoms. The first-order chi connectivity index (χ1) is 22.4. The van der Waals surface area contributed by atoms with E-state index >= 15 is 0 Å². The zero-order valence-electron chi connectivity index (χ0n) is 31.0. The van der Waals surface area contributed by atoms with Crippen molar-refractivity contribution in [2.24, 2.45) is 5.92 Å². The summed E-state index contributed by atoms with van der Waals surface area (Å²) in [4.78, 5) is 37.3. The van der Waals surface area contributed by atoms with Gasteiger partial charge < -0.3 is 14.2 Å². The van der Waals surface area contributed by atoms with E-state index in [0.29, 0.717) is 19.3 Å². The van der Waals surface area contributed by atoms with Crippen LogP contribution in [0.2, 0.25) is 0 Å². The molecule has 0 aromatic carbocycles. The molecule has 272 valence electrons. The lowest BCUT2D eigenvalue weighted by Crippen LogP contribution is -2.30. The van der Waals surface area contributed by atoms with Crippen LogP contribution in [0.5, 0.6) is 0 Å². The lowest BCUT2D eigenvalue weighted by Gasteiger charge is -2.18. The summed E-state index contributed by atoms with van der Waals surface area (Å²) in [5, 5.41) is 0. The molecule has 2 atom stereocenters. The number of unbranched alkanes of at least 4 members (excludes halogenated alkanes) is 21. The predicted octanol–water partition coefficient (Wildman–Crippen LogP) is 12.0. The van der Waals surface area contributed by atoms with Crippen molar-refractivity contribution in [1.29, 1.82) is 0 Å². The van der Waals surface area contributed by atoms with Gasteiger partial charge in [-0.25, -0.2) is 0 Å². The van der Waals surface area contributed by atoms with Crippen LogP contribution in [0.1, 0.15) is 214 Å². The molecule has 0 heterocycles. The molecule has 0 aromatic rings. The first kappa shape index (κ1) is 44.4. The fourth-order valence-electron chi connectivity index (χ4n) is 5.71. The molecule has 0 aromatic heterocycles. The number of esters is 3. The second-order valence-corrected chi connectivity index (χ2v) is 13.8. The van der Waals surface area contributed by atoms with Crippen molar-refractivity contribution in [1.82, 2.24) is 0 Å². The maximum Gasteiger partial charge on any atom is 0.306 e. The van der Waals surface area contributed by atoms with E-state index in [0.717, 1.165) is 63.7 Å². The highest BCUT2D eigenvalue weighted by Crippen LogP contribution is 2.16. The Bertz CT molecular complexity index is 693. The molecule has 0 bridgehead atoms. The maximum atomic E-state index is 12.6. The first-order valence-corrected chi connectivity index (χ1v) is 19.9. The van der Waals surface area contributed by atoms with E-state index in [1.165, 1.54) is 109 Å². The minimum atomic E-state index is -0.756. The van der Waals surface area contributed by atoms with Gasteiger partial charge in [-0.15, -0.1) is 0 Å². The Labute approximate surface area is 285 Å². The third-order valence-electron chi connectivity index (χ3n) is 9.15. The standard InChI is InChI=1S/C40H76O6/c1-5-8-10-12-14-15-20-24-28-32-39(42)45-35-37(34-44-38(41)31-27-23-18-13-11-9-6-2)46-40(43)33-29-25-21-17-16-19-22-26-30-36(4)7-3/h36-37H,5-35H2,1-4H3/t36?,37-/m1/s1. The van der Waals surface area contributed by atoms with Crippen LogP contribution in [0.25, 0.3) is 0 Å². The van der Waals surface area contributed by atoms with Crippen LogP contribution in [-0.2, 0) is 28.6 Å². The van der Waals surface area contributed by atoms with Gasteiger partial charge in [0.15, 0.2) is 6.10 Å². The van der Waals surface area contributed by atoms with Crippen LogP contribution >= 0.6 is 0 Å². The van der Waals surface area contributed by atoms with Gasteiger partial charge in [0.05, 0.1) is 0 Å². The molecule has 0 N–H and O–H groups in total. The van der Waals surface area contributed by atoms with E-state index in [1.807, 2.05) is 0 Å². The van der Waals surface area contributed by atoms with Crippen molar-refractivity contribution in [3.8, 4) is 0 Å². The minimum Gasteiger partial charge on any atom is -0.462 e. The Hall–Kier alpha value is -1.59. The molecule has 1 unspecified atom stereocenters. The van der Waals surface area contributed by atoms with E-state index in [9.17, 15) is 14.4 Å². The summed E-state index contributed by atoms with van der Waals surface area (Å²) in [5.41, 5.74) is 0. The van der Waals surface area contributed by atoms with E-state index < -0.39 is 6.10 Å². The normalized spacial score (nSPS) is 12.5. The quantitative estimate of drug-likeness (QED) is 0.0385. The number of ether oxygens (including phenoxy) is 3. The zero-order chi connectivity index (χ0) is 33.9. The van der Waals surface area contributed by atoms with Crippen LogP contribution in [-0.4, -0.2) is 37.2 Å². The van der Waals surface area contributed by atoms with Crippen molar-refractivity contribution in [3.05, 3.63) is 0 Å². The van der Waals surface area contributed by atoms with Gasteiger partial charge in [0.25, 0.3) is 0 Å². The molecule has 0 saturated carbocycles. The predicted molar refractivity (Wildman–Crippen MR) is 192 cm³/mol. The monoisotopic (exact) mass is 653 g/mol. The van der Waals surface area contributed by atoms with Crippen molar-refractivity contribution in [2.75, 3.05) is 13.2 Å². The van der Waals surface area contributed by atoms with Gasteiger partial charge in [-0.05, 0) is 25.2 Å². The topological polar surface area (TPSA) is 78.9 Å². The Morgan fingerprint density at radius 3 is 1.13 bits per heavy atom. The summed E-state index contributed by atoms with van der Waals surface area (Å²) < 4.78 is 16.6. The SMILES string of the molecule is CCCCCCCCCCCC(=O)OC[C@@H](COC(=O)CCCCCCCCC)OC(=O)CCCCCCCCCCC(C)CC. The first-order valence-electron chi connectivity index (χ1n) is 19.9. The molecule has 6 nitrogen and oxygen atoms in total. The summed E-state index contributed by atoms with van der Waals surface area (Å²) >= 11 is 0. The van der Waals surface area contributed by atoms with Crippen molar-refractivity contribution >= 4 is 17.9 Å². The molecule has 46 heavy (non-hydrogen) atoms. The molecular weight excluding hydrogens is 576 g/mol. The number of carbonyl (C=O) groups excluding carboxylic acids is 3. The number of carbonyl (C=O) groups is 3. The van der Waals surface area contributed by atoms with Crippen molar-refractivity contribution in [2.45, 2.75) is 220 Å². The van der Waals surface area contributed by atoms with Gasteiger partial charge in [0.2, 0.25) is 0 Å². The second kappa shape index (κ2) is 34.7. The molecule has 0 radical (unpaired) electrons. The molecule has 0 spiro atoms. The van der Waals surface area contributed by atoms with Gasteiger partial charge in [0.1, 0.15) is 13.2 Å². The summed E-state index contributed by atoms with van der Waals surface area (Å²) in [6, 6.07) is 0. The van der Waals surface area contributed by atoms with Gasteiger partial charge >= 0.3 is 17.9 Å². The molecule has 0 amide bonds. The lowest BCUT2D eigenvalue weighted by molar-refractivity contribution is -0.167. The molecule has 0 aliphatic heterocycles. The molecule has 0 aliphatic rings. The van der Waals surface area contributed by atoms with Crippen LogP contribution < -0.4 is 0 Å². The highest BCUT2D eigenvalue weighted by Gasteiger charge is 2.19. The smallest absolute Gasteiger partial charge is 0.306 e. The van der Waals surface area contributed by atoms with Gasteiger partial charge in [-0.1, -0.05) is 175 Å². The average Bonchev–Trinajstić information content (AvgIpc) is 3.05. The van der Waals surface area contributed by atoms with Crippen LogP contribution in [0.3, 0.4) is 0 Å². The van der Waals surface area contributed by atoms with Gasteiger partial charge in [0, 0.05) is 19.3 Å². The third kappa shape index (κ3) is 32.4. The lowest BCUT2D eigenvalue weighted by atomic mass is 9.99. The summed E-state index contributed by atoms with van der Waals surface area (Å²) in [6.07, 6.45) is 30.9. The Morgan fingerprint density at radius 1 is 0.435 bits per heavy atom. The molecule has 0 saturated heterocycles. The van der Waals surface area contributed by atoms with E-state index in [2.05, 4.69) is 27.7 Å². The van der Waals surface area contributed by atoms with Crippen LogP contribution in [0, 0.1) is 5.92 Å². The van der Waals surface area contributed by atoms with Crippen LogP contribution in [0.15, 0.2) is 0 Å². The summed E-state index contributed by atoms with van der Waals surface area (Å²) in [5.74, 6) is -0.0279. The van der Waals surface area contributed by atoms with E-state index in [4.69, 9.17) is 14.2 Å². The van der Waals surface area contributed by atoms with Gasteiger partial charge in [-0.2, -0.15) is 0 Å². The Morgan fingerprint density at radius 2 is 0.761 bits per heavy atom. The fourth-order valence-corrected chi connectivity index (χ4v) is 5.71. The summed E-state index contributed by atoms with van der Waals surface area (Å²) in [7, 11) is 0. The van der Waals surface area contributed by atoms with E-state index in [1.54, 1.807) is 0 Å². The van der Waals surface area contributed by atoms with Gasteiger partial charge in [-0.3, -0.25) is 14.4 Å². The number of rotatable bonds is 35. The molecule has 0 rings (SSSR count). The van der Waals surface area contributed by atoms with Crippen molar-refractivity contribution < 1.29 is 28.6 Å². The Balaban J connectivity index is 4.34. The minimum absolute atomic E-state index is 0.0657. The highest BCUT2D eigenvalue weighted by atomic mass is 16.6. The maximum absolute atomic E-state index is 12.6. The highest BCUT2D eigenvalue weighted by molar-refractivity contribution is 5.71. The number of hydrogen-bond acceptors (Lipinski definition) is 6. The zero-order valence-corrected chi connectivity index (χ0v) is 31.0. The Kier molecular flexibility index (Phi) is 33.5. The van der Waals surface area contributed by atoms with E-state index in [-0.39, 0.29) is 31.1 Å². The molecule has 0 fully saturated rings. The molecular formula is C40H76O6. The number of hydrogen-bond donors (Lipinski definition) is 0. The third-order valence-corrected chi connectivity index (χ3v) is 9.15. The van der Waals surface area contributed by atoms with Crippen LogP contribution in [0.4, 0.5) is 0 Å². The summed E-state index contributed by atoms with van der Waals surface area (Å²) in [6.45, 7) is 8.91. The average molecular weight is 653 g/mol.